The third-order valence-corrected chi connectivity index (χ3v) is 6.22. The van der Waals surface area contributed by atoms with Crippen LogP contribution in [0.5, 0.6) is 0 Å². The Bertz CT molecular complexity index is 1370. The van der Waals surface area contributed by atoms with E-state index < -0.39 is 0 Å². The number of anilines is 1. The van der Waals surface area contributed by atoms with Crippen molar-refractivity contribution in [1.82, 2.24) is 20.1 Å². The summed E-state index contributed by atoms with van der Waals surface area (Å²) in [4.78, 5) is 31.5. The molecular weight excluding hydrogens is 469 g/mol. The molecule has 8 heteroatoms. The van der Waals surface area contributed by atoms with Crippen LogP contribution < -0.4 is 5.32 Å². The summed E-state index contributed by atoms with van der Waals surface area (Å²) < 4.78 is 13.5. The molecule has 4 aromatic rings. The van der Waals surface area contributed by atoms with Crippen molar-refractivity contribution in [3.8, 4) is 11.3 Å². The number of nitrogens with one attached hydrogen (secondary N) is 2. The van der Waals surface area contributed by atoms with Crippen LogP contribution in [0.25, 0.3) is 11.3 Å². The molecule has 2 heterocycles. The predicted octanol–water partition coefficient (Wildman–Crippen LogP) is 5.66. The molecule has 0 bridgehead atoms. The molecule has 7 nitrogen and oxygen atoms in total. The van der Waals surface area contributed by atoms with Crippen LogP contribution in [-0.2, 0) is 6.42 Å². The summed E-state index contributed by atoms with van der Waals surface area (Å²) in [5.41, 5.74) is 4.75. The monoisotopic (exact) mass is 499 g/mol. The van der Waals surface area contributed by atoms with Gasteiger partial charge in [-0.3, -0.25) is 19.7 Å². The van der Waals surface area contributed by atoms with E-state index in [1.54, 1.807) is 48.6 Å². The number of pyridine rings is 1. The fourth-order valence-corrected chi connectivity index (χ4v) is 4.13. The highest BCUT2D eigenvalue weighted by Gasteiger charge is 2.19. The number of unbranched alkanes of at least 4 members (excludes halogenated alkanes) is 2. The molecule has 37 heavy (non-hydrogen) atoms. The van der Waals surface area contributed by atoms with E-state index in [2.05, 4.69) is 20.5 Å². The molecule has 0 saturated heterocycles. The number of aromatic nitrogens is 3. The van der Waals surface area contributed by atoms with E-state index in [1.807, 2.05) is 31.2 Å². The maximum atomic E-state index is 13.5. The second kappa shape index (κ2) is 12.1. The first-order chi connectivity index (χ1) is 17.9. The average Bonchev–Trinajstić information content (AvgIpc) is 3.38. The number of para-hydroxylation sites is 1. The van der Waals surface area contributed by atoms with E-state index in [0.29, 0.717) is 23.4 Å². The van der Waals surface area contributed by atoms with Gasteiger partial charge in [0.1, 0.15) is 5.82 Å². The molecule has 190 valence electrons. The molecule has 0 radical (unpaired) electrons. The van der Waals surface area contributed by atoms with Crippen LogP contribution in [0.3, 0.4) is 0 Å². The van der Waals surface area contributed by atoms with Gasteiger partial charge in [0.2, 0.25) is 0 Å². The number of benzene rings is 2. The van der Waals surface area contributed by atoms with Crippen molar-refractivity contribution >= 4 is 17.5 Å². The standard InChI is InChI=1S/C29H30FN5O2/c1-20-8-6-12-25(27(20)32-28(36)21-13-15-31-16-14-21)29(37)35(2)17-5-3-4-11-24-19-26(34-33-24)22-9-7-10-23(30)18-22/h6-10,12-16,18-19H,3-5,11,17H2,1-2H3,(H,32,36)(H,33,34). The summed E-state index contributed by atoms with van der Waals surface area (Å²) >= 11 is 0. The number of aromatic amines is 1. The molecular formula is C29H30FN5O2. The molecule has 0 fully saturated rings. The number of hydrogen-bond acceptors (Lipinski definition) is 4. The highest BCUT2D eigenvalue weighted by atomic mass is 19.1. The minimum absolute atomic E-state index is 0.137. The molecule has 0 aliphatic rings. The fourth-order valence-electron chi connectivity index (χ4n) is 4.13. The maximum Gasteiger partial charge on any atom is 0.255 e. The normalized spacial score (nSPS) is 10.8. The molecule has 0 spiro atoms. The molecule has 2 N–H and O–H groups in total. The van der Waals surface area contributed by atoms with E-state index in [0.717, 1.165) is 48.2 Å². The predicted molar refractivity (Wildman–Crippen MR) is 142 cm³/mol. The van der Waals surface area contributed by atoms with Crippen LogP contribution in [0.1, 0.15) is 51.2 Å². The Balaban J connectivity index is 1.28. The summed E-state index contributed by atoms with van der Waals surface area (Å²) in [5.74, 6) is -0.704. The van der Waals surface area contributed by atoms with Crippen LogP contribution in [0, 0.1) is 12.7 Å². The van der Waals surface area contributed by atoms with E-state index >= 15 is 0 Å². The number of H-pyrrole nitrogens is 1. The molecule has 2 amide bonds. The van der Waals surface area contributed by atoms with Gasteiger partial charge in [0.25, 0.3) is 11.8 Å². The van der Waals surface area contributed by atoms with Crippen LogP contribution >= 0.6 is 0 Å². The second-order valence-electron chi connectivity index (χ2n) is 9.01. The van der Waals surface area contributed by atoms with Gasteiger partial charge in [0.05, 0.1) is 16.9 Å². The minimum atomic E-state index is -0.284. The summed E-state index contributed by atoms with van der Waals surface area (Å²) in [6, 6.07) is 17.0. The van der Waals surface area contributed by atoms with Gasteiger partial charge in [0, 0.05) is 42.8 Å². The van der Waals surface area contributed by atoms with Crippen molar-refractivity contribution in [3.63, 3.8) is 0 Å². The number of rotatable bonds is 10. The third kappa shape index (κ3) is 6.67. The zero-order valence-electron chi connectivity index (χ0n) is 21.0. The molecule has 2 aromatic carbocycles. The molecule has 2 aromatic heterocycles. The van der Waals surface area contributed by atoms with Crippen molar-refractivity contribution in [2.75, 3.05) is 18.9 Å². The van der Waals surface area contributed by atoms with Crippen LogP contribution in [-0.4, -0.2) is 45.5 Å². The lowest BCUT2D eigenvalue weighted by Gasteiger charge is -2.20. The smallest absolute Gasteiger partial charge is 0.255 e. The zero-order valence-corrected chi connectivity index (χ0v) is 21.0. The maximum absolute atomic E-state index is 13.5. The number of amides is 2. The molecule has 0 aliphatic carbocycles. The largest absolute Gasteiger partial charge is 0.342 e. The third-order valence-electron chi connectivity index (χ3n) is 6.22. The quantitative estimate of drug-likeness (QED) is 0.276. The number of carbonyl (C=O) groups is 2. The van der Waals surface area contributed by atoms with Crippen LogP contribution in [0.4, 0.5) is 10.1 Å². The lowest BCUT2D eigenvalue weighted by molar-refractivity contribution is 0.0793. The minimum Gasteiger partial charge on any atom is -0.342 e. The van der Waals surface area contributed by atoms with E-state index in [4.69, 9.17) is 0 Å². The number of aryl methyl sites for hydroxylation is 2. The molecule has 0 aliphatic heterocycles. The van der Waals surface area contributed by atoms with Gasteiger partial charge in [-0.15, -0.1) is 0 Å². The summed E-state index contributed by atoms with van der Waals surface area (Å²) in [6.45, 7) is 2.47. The van der Waals surface area contributed by atoms with Gasteiger partial charge in [-0.1, -0.05) is 30.7 Å². The lowest BCUT2D eigenvalue weighted by Crippen LogP contribution is -2.29. The number of carbonyl (C=O) groups excluding carboxylic acids is 2. The summed E-state index contributed by atoms with van der Waals surface area (Å²) in [5, 5.41) is 10.2. The van der Waals surface area contributed by atoms with Gasteiger partial charge in [0.15, 0.2) is 0 Å². The molecule has 0 unspecified atom stereocenters. The summed E-state index contributed by atoms with van der Waals surface area (Å²) in [7, 11) is 1.78. The van der Waals surface area contributed by atoms with Gasteiger partial charge in [-0.25, -0.2) is 4.39 Å². The van der Waals surface area contributed by atoms with Gasteiger partial charge in [-0.05, 0) is 68.1 Å². The van der Waals surface area contributed by atoms with E-state index in [1.165, 1.54) is 12.1 Å². The van der Waals surface area contributed by atoms with Gasteiger partial charge >= 0.3 is 0 Å². The van der Waals surface area contributed by atoms with Crippen molar-refractivity contribution in [2.45, 2.75) is 32.6 Å². The zero-order chi connectivity index (χ0) is 26.2. The Morgan fingerprint density at radius 2 is 1.78 bits per heavy atom. The number of hydrogen-bond donors (Lipinski definition) is 2. The number of nitrogens with zero attached hydrogens (tertiary/aromatic N) is 3. The summed E-state index contributed by atoms with van der Waals surface area (Å²) in [6.07, 6.45) is 6.65. The average molecular weight is 500 g/mol. The first kappa shape index (κ1) is 25.8. The van der Waals surface area contributed by atoms with Gasteiger partial charge < -0.3 is 10.2 Å². The molecule has 4 rings (SSSR count). The first-order valence-electron chi connectivity index (χ1n) is 12.3. The van der Waals surface area contributed by atoms with Crippen molar-refractivity contribution in [3.05, 3.63) is 101 Å². The second-order valence-corrected chi connectivity index (χ2v) is 9.01. The highest BCUT2D eigenvalue weighted by molar-refractivity contribution is 6.09. The lowest BCUT2D eigenvalue weighted by atomic mass is 10.1. The van der Waals surface area contributed by atoms with Crippen molar-refractivity contribution in [2.24, 2.45) is 0 Å². The van der Waals surface area contributed by atoms with Crippen LogP contribution in [0.2, 0.25) is 0 Å². The number of halogens is 1. The van der Waals surface area contributed by atoms with Crippen LogP contribution in [0.15, 0.2) is 73.1 Å². The Hall–Kier alpha value is -4.33. The topological polar surface area (TPSA) is 91.0 Å². The van der Waals surface area contributed by atoms with E-state index in [-0.39, 0.29) is 17.6 Å². The highest BCUT2D eigenvalue weighted by Crippen LogP contribution is 2.23. The Morgan fingerprint density at radius 1 is 1.00 bits per heavy atom. The first-order valence-corrected chi connectivity index (χ1v) is 12.3. The van der Waals surface area contributed by atoms with Crippen molar-refractivity contribution in [1.29, 1.82) is 0 Å². The molecule has 0 atom stereocenters. The molecule has 0 saturated carbocycles. The van der Waals surface area contributed by atoms with E-state index in [9.17, 15) is 14.0 Å². The van der Waals surface area contributed by atoms with Gasteiger partial charge in [-0.2, -0.15) is 5.10 Å². The van der Waals surface area contributed by atoms with Crippen molar-refractivity contribution < 1.29 is 14.0 Å². The SMILES string of the molecule is Cc1cccc(C(=O)N(C)CCCCCc2cc(-c3cccc(F)c3)n[nH]2)c1NC(=O)c1ccncc1. The Morgan fingerprint density at radius 3 is 2.57 bits per heavy atom. The Kier molecular flexibility index (Phi) is 8.40. The fraction of sp³-hybridized carbons (Fsp3) is 0.241. The Labute approximate surface area is 215 Å².